The van der Waals surface area contributed by atoms with Gasteiger partial charge in [-0.2, -0.15) is 0 Å². The Morgan fingerprint density at radius 2 is 1.76 bits per heavy atom. The van der Waals surface area contributed by atoms with Gasteiger partial charge >= 0.3 is 0 Å². The number of furan rings is 1. The van der Waals surface area contributed by atoms with E-state index in [0.717, 1.165) is 0 Å². The zero-order valence-corrected chi connectivity index (χ0v) is 20.1. The van der Waals surface area contributed by atoms with Crippen molar-refractivity contribution in [2.24, 2.45) is 0 Å². The first kappa shape index (κ1) is 22.9. The van der Waals surface area contributed by atoms with Gasteiger partial charge in [0.25, 0.3) is 5.91 Å². The fourth-order valence-corrected chi connectivity index (χ4v) is 4.00. The third-order valence-corrected chi connectivity index (χ3v) is 5.91. The van der Waals surface area contributed by atoms with Crippen molar-refractivity contribution >= 4 is 55.9 Å². The summed E-state index contributed by atoms with van der Waals surface area (Å²) in [5.41, 5.74) is 1.13. The van der Waals surface area contributed by atoms with E-state index in [9.17, 15) is 9.59 Å². The number of carbonyl (C=O) groups excluding carboxylic acids is 2. The normalized spacial score (nSPS) is 11.8. The minimum Gasteiger partial charge on any atom is -0.496 e. The van der Waals surface area contributed by atoms with Crippen LogP contribution in [0.15, 0.2) is 75.6 Å². The third kappa shape index (κ3) is 4.74. The number of hydrogen-bond donors (Lipinski definition) is 1. The first-order valence-electron chi connectivity index (χ1n) is 10.0. The first-order chi connectivity index (χ1) is 15.9. The summed E-state index contributed by atoms with van der Waals surface area (Å²) in [6.45, 7) is 1.60. The van der Waals surface area contributed by atoms with Crippen molar-refractivity contribution in [1.29, 1.82) is 0 Å². The van der Waals surface area contributed by atoms with Crippen LogP contribution in [0.1, 0.15) is 23.0 Å². The number of ketones is 1. The summed E-state index contributed by atoms with van der Waals surface area (Å²) < 4.78 is 17.4. The van der Waals surface area contributed by atoms with Crippen LogP contribution in [-0.4, -0.2) is 24.9 Å². The highest BCUT2D eigenvalue weighted by Crippen LogP contribution is 2.34. The molecule has 0 radical (unpaired) electrons. The molecule has 0 aliphatic heterocycles. The van der Waals surface area contributed by atoms with E-state index in [1.165, 1.54) is 0 Å². The lowest BCUT2D eigenvalue weighted by atomic mass is 10.1. The summed E-state index contributed by atoms with van der Waals surface area (Å²) >= 11 is 9.53. The zero-order valence-electron chi connectivity index (χ0n) is 17.7. The van der Waals surface area contributed by atoms with Gasteiger partial charge in [0.2, 0.25) is 5.78 Å². The molecular formula is C25H19BrClNO5. The third-order valence-electron chi connectivity index (χ3n) is 4.97. The number of anilines is 1. The Balaban J connectivity index is 1.66. The van der Waals surface area contributed by atoms with Gasteiger partial charge in [-0.15, -0.1) is 0 Å². The molecule has 4 rings (SSSR count). The second-order valence-corrected chi connectivity index (χ2v) is 8.42. The number of methoxy groups -OCH3 is 1. The van der Waals surface area contributed by atoms with Gasteiger partial charge in [0.15, 0.2) is 11.9 Å². The van der Waals surface area contributed by atoms with E-state index in [2.05, 4.69) is 21.2 Å². The molecule has 6 nitrogen and oxygen atoms in total. The van der Waals surface area contributed by atoms with E-state index in [-0.39, 0.29) is 17.2 Å². The summed E-state index contributed by atoms with van der Waals surface area (Å²) in [6, 6.07) is 18.9. The van der Waals surface area contributed by atoms with Crippen LogP contribution in [0.4, 0.5) is 5.69 Å². The van der Waals surface area contributed by atoms with Gasteiger partial charge in [0.05, 0.1) is 22.3 Å². The van der Waals surface area contributed by atoms with E-state index in [0.29, 0.717) is 37.5 Å². The van der Waals surface area contributed by atoms with Crippen LogP contribution in [-0.2, 0) is 4.79 Å². The van der Waals surface area contributed by atoms with Gasteiger partial charge in [-0.3, -0.25) is 9.59 Å². The number of ether oxygens (including phenoxy) is 2. The molecule has 0 saturated heterocycles. The molecule has 0 saturated carbocycles. The lowest BCUT2D eigenvalue weighted by Crippen LogP contribution is -2.30. The minimum absolute atomic E-state index is 0.0200. The Morgan fingerprint density at radius 1 is 1.03 bits per heavy atom. The maximum Gasteiger partial charge on any atom is 0.265 e. The van der Waals surface area contributed by atoms with Crippen LogP contribution in [0.25, 0.3) is 11.0 Å². The van der Waals surface area contributed by atoms with Crippen molar-refractivity contribution in [2.45, 2.75) is 13.0 Å². The molecule has 1 N–H and O–H groups in total. The number of nitrogens with one attached hydrogen (secondary N) is 1. The highest BCUT2D eigenvalue weighted by Gasteiger charge is 2.26. The number of fused-ring (bicyclic) bond motifs is 1. The van der Waals surface area contributed by atoms with Crippen LogP contribution in [0.3, 0.4) is 0 Å². The largest absolute Gasteiger partial charge is 0.496 e. The van der Waals surface area contributed by atoms with Crippen molar-refractivity contribution in [2.75, 3.05) is 12.4 Å². The molecule has 0 aliphatic rings. The number of carbonyl (C=O) groups is 2. The molecule has 8 heteroatoms. The Labute approximate surface area is 203 Å². The van der Waals surface area contributed by atoms with Gasteiger partial charge < -0.3 is 19.2 Å². The Bertz CT molecular complexity index is 1350. The summed E-state index contributed by atoms with van der Waals surface area (Å²) in [5.74, 6) is 0.163. The van der Waals surface area contributed by atoms with E-state index < -0.39 is 12.0 Å². The van der Waals surface area contributed by atoms with Crippen molar-refractivity contribution < 1.29 is 23.5 Å². The smallest absolute Gasteiger partial charge is 0.265 e. The number of para-hydroxylation sites is 2. The molecule has 1 atom stereocenters. The SMILES string of the molecule is COc1ccc(C(=O)c2oc3ccccc3c2NC(=O)C(C)Oc2ccccc2Cl)cc1Br. The summed E-state index contributed by atoms with van der Waals surface area (Å²) in [4.78, 5) is 26.3. The minimum atomic E-state index is -0.878. The second-order valence-electron chi connectivity index (χ2n) is 7.16. The lowest BCUT2D eigenvalue weighted by molar-refractivity contribution is -0.122. The van der Waals surface area contributed by atoms with E-state index in [1.54, 1.807) is 80.8 Å². The van der Waals surface area contributed by atoms with Gasteiger partial charge in [0, 0.05) is 10.9 Å². The Kier molecular flexibility index (Phi) is 6.72. The molecule has 4 aromatic rings. The van der Waals surface area contributed by atoms with Crippen molar-refractivity contribution in [3.05, 3.63) is 87.5 Å². The predicted molar refractivity (Wildman–Crippen MR) is 131 cm³/mol. The number of halogens is 2. The number of hydrogen-bond acceptors (Lipinski definition) is 5. The van der Waals surface area contributed by atoms with Crippen LogP contribution in [0.2, 0.25) is 5.02 Å². The topological polar surface area (TPSA) is 77.8 Å². The average Bonchev–Trinajstić information content (AvgIpc) is 3.18. The fourth-order valence-electron chi connectivity index (χ4n) is 3.28. The van der Waals surface area contributed by atoms with Gasteiger partial charge in [-0.1, -0.05) is 35.9 Å². The molecular weight excluding hydrogens is 510 g/mol. The number of benzene rings is 3. The van der Waals surface area contributed by atoms with Crippen LogP contribution < -0.4 is 14.8 Å². The monoisotopic (exact) mass is 527 g/mol. The maximum absolute atomic E-state index is 13.3. The maximum atomic E-state index is 13.3. The van der Waals surface area contributed by atoms with Crippen LogP contribution in [0.5, 0.6) is 11.5 Å². The molecule has 33 heavy (non-hydrogen) atoms. The number of rotatable bonds is 7. The highest BCUT2D eigenvalue weighted by atomic mass is 79.9. The van der Waals surface area contributed by atoms with Crippen molar-refractivity contribution in [3.63, 3.8) is 0 Å². The number of amides is 1. The molecule has 0 spiro atoms. The quantitative estimate of drug-likeness (QED) is 0.277. The standard InChI is InChI=1S/C25H19BrClNO5/c1-14(32-21-10-6-4-8-18(21)27)25(30)28-22-16-7-3-5-9-19(16)33-24(22)23(29)15-11-12-20(31-2)17(26)13-15/h3-14H,1-2H3,(H,28,30). The fraction of sp³-hybridized carbons (Fsp3) is 0.120. The molecule has 3 aromatic carbocycles. The Hall–Kier alpha value is -3.29. The molecule has 1 heterocycles. The van der Waals surface area contributed by atoms with E-state index >= 15 is 0 Å². The van der Waals surface area contributed by atoms with Crippen LogP contribution in [0, 0.1) is 0 Å². The highest BCUT2D eigenvalue weighted by molar-refractivity contribution is 9.10. The summed E-state index contributed by atoms with van der Waals surface area (Å²) in [6.07, 6.45) is -0.878. The molecule has 0 aliphatic carbocycles. The predicted octanol–water partition coefficient (Wildman–Crippen LogP) is 6.49. The molecule has 168 valence electrons. The zero-order chi connectivity index (χ0) is 23.5. The summed E-state index contributed by atoms with van der Waals surface area (Å²) in [7, 11) is 1.54. The summed E-state index contributed by atoms with van der Waals surface area (Å²) in [5, 5.41) is 3.80. The second kappa shape index (κ2) is 9.68. The molecule has 0 fully saturated rings. The van der Waals surface area contributed by atoms with E-state index in [1.807, 2.05) is 0 Å². The van der Waals surface area contributed by atoms with Crippen molar-refractivity contribution in [3.8, 4) is 11.5 Å². The average molecular weight is 529 g/mol. The molecule has 0 bridgehead atoms. The van der Waals surface area contributed by atoms with Crippen molar-refractivity contribution in [1.82, 2.24) is 0 Å². The van der Waals surface area contributed by atoms with Gasteiger partial charge in [-0.05, 0) is 65.3 Å². The van der Waals surface area contributed by atoms with E-state index in [4.69, 9.17) is 25.5 Å². The molecule has 1 unspecified atom stereocenters. The van der Waals surface area contributed by atoms with Crippen LogP contribution >= 0.6 is 27.5 Å². The molecule has 1 amide bonds. The van der Waals surface area contributed by atoms with Gasteiger partial charge in [0.1, 0.15) is 17.1 Å². The molecule has 1 aromatic heterocycles. The Morgan fingerprint density at radius 3 is 2.48 bits per heavy atom. The van der Waals surface area contributed by atoms with Gasteiger partial charge in [-0.25, -0.2) is 0 Å². The first-order valence-corrected chi connectivity index (χ1v) is 11.2. The lowest BCUT2D eigenvalue weighted by Gasteiger charge is -2.15.